The number of carbonyl (C=O) groups is 1. The van der Waals surface area contributed by atoms with Crippen LogP contribution in [0.15, 0.2) is 12.1 Å². The lowest BCUT2D eigenvalue weighted by Crippen LogP contribution is -2.12. The van der Waals surface area contributed by atoms with E-state index in [0.29, 0.717) is 23.2 Å². The normalized spacial score (nSPS) is 15.2. The molecule has 0 unspecified atom stereocenters. The lowest BCUT2D eigenvalue weighted by Gasteiger charge is -2.17. The fourth-order valence-corrected chi connectivity index (χ4v) is 4.22. The van der Waals surface area contributed by atoms with E-state index in [-0.39, 0.29) is 11.4 Å². The van der Waals surface area contributed by atoms with Gasteiger partial charge in [0.25, 0.3) is 6.47 Å². The van der Waals surface area contributed by atoms with E-state index in [2.05, 4.69) is 20.8 Å². The number of aryl methyl sites for hydroxylation is 1. The summed E-state index contributed by atoms with van der Waals surface area (Å²) in [6, 6.07) is 3.59. The van der Waals surface area contributed by atoms with Gasteiger partial charge in [0, 0.05) is 5.56 Å². The number of aromatic hydroxyl groups is 2. The molecule has 1 aromatic rings. The third-order valence-corrected chi connectivity index (χ3v) is 6.38. The van der Waals surface area contributed by atoms with E-state index in [1.54, 1.807) is 6.07 Å². The molecule has 4 nitrogen and oxygen atoms in total. The lowest BCUT2D eigenvalue weighted by atomic mass is 9.89. The molecule has 1 aliphatic rings. The van der Waals surface area contributed by atoms with E-state index >= 15 is 0 Å². The first kappa shape index (κ1) is 24.6. The lowest BCUT2D eigenvalue weighted by molar-refractivity contribution is -0.135. The number of phenolic OH excluding ortho intramolecular Hbond substituents is 2. The number of phenols is 2. The number of benzene rings is 1. The topological polar surface area (TPSA) is 66.8 Å². The van der Waals surface area contributed by atoms with Gasteiger partial charge in [-0.05, 0) is 74.8 Å². The highest BCUT2D eigenvalue weighted by Gasteiger charge is 2.44. The van der Waals surface area contributed by atoms with Gasteiger partial charge in [-0.1, -0.05) is 58.9 Å². The average molecular weight is 419 g/mol. The van der Waals surface area contributed by atoms with Crippen molar-refractivity contribution in [3.05, 3.63) is 23.3 Å². The molecule has 0 radical (unpaired) electrons. The Hall–Kier alpha value is -1.71. The van der Waals surface area contributed by atoms with Crippen LogP contribution in [0.3, 0.4) is 0 Å². The molecule has 0 aromatic heterocycles. The van der Waals surface area contributed by atoms with Gasteiger partial charge in [0.2, 0.25) is 0 Å². The molecule has 1 fully saturated rings. The van der Waals surface area contributed by atoms with E-state index < -0.39 is 0 Å². The van der Waals surface area contributed by atoms with Crippen LogP contribution in [-0.2, 0) is 22.4 Å². The molecule has 1 saturated carbocycles. The van der Waals surface area contributed by atoms with Crippen molar-refractivity contribution in [2.24, 2.45) is 5.41 Å². The van der Waals surface area contributed by atoms with E-state index in [0.717, 1.165) is 76.2 Å². The SMILES string of the molecule is CC(C)(C)CCCCCCc1c(O)ccc(CCCCCCC2(OC=O)CC2)c1O. The van der Waals surface area contributed by atoms with Crippen LogP contribution in [0.2, 0.25) is 0 Å². The smallest absolute Gasteiger partial charge is 0.293 e. The molecule has 4 heteroatoms. The molecular formula is C26H42O4. The number of ether oxygens (including phenoxy) is 1. The highest BCUT2D eigenvalue weighted by atomic mass is 16.5. The Morgan fingerprint density at radius 3 is 2.20 bits per heavy atom. The summed E-state index contributed by atoms with van der Waals surface area (Å²) < 4.78 is 5.19. The molecule has 1 aromatic carbocycles. The zero-order valence-electron chi connectivity index (χ0n) is 19.3. The first-order chi connectivity index (χ1) is 14.3. The van der Waals surface area contributed by atoms with Gasteiger partial charge in [0.15, 0.2) is 0 Å². The largest absolute Gasteiger partial charge is 0.508 e. The predicted octanol–water partition coefficient (Wildman–Crippen LogP) is 6.84. The predicted molar refractivity (Wildman–Crippen MR) is 122 cm³/mol. The molecule has 30 heavy (non-hydrogen) atoms. The Morgan fingerprint density at radius 1 is 0.933 bits per heavy atom. The third-order valence-electron chi connectivity index (χ3n) is 6.38. The van der Waals surface area contributed by atoms with E-state index in [1.165, 1.54) is 19.3 Å². The van der Waals surface area contributed by atoms with Crippen LogP contribution in [0.5, 0.6) is 11.5 Å². The van der Waals surface area contributed by atoms with Gasteiger partial charge in [-0.25, -0.2) is 0 Å². The molecule has 1 aliphatic carbocycles. The molecule has 0 atom stereocenters. The number of hydrogen-bond donors (Lipinski definition) is 2. The Morgan fingerprint density at radius 2 is 1.57 bits per heavy atom. The van der Waals surface area contributed by atoms with Crippen molar-refractivity contribution in [3.63, 3.8) is 0 Å². The van der Waals surface area contributed by atoms with Crippen LogP contribution >= 0.6 is 0 Å². The summed E-state index contributed by atoms with van der Waals surface area (Å²) in [7, 11) is 0. The van der Waals surface area contributed by atoms with E-state index in [4.69, 9.17) is 4.74 Å². The average Bonchev–Trinajstić information content (AvgIpc) is 3.43. The zero-order chi connectivity index (χ0) is 22.0. The van der Waals surface area contributed by atoms with Crippen molar-refractivity contribution in [2.45, 2.75) is 116 Å². The summed E-state index contributed by atoms with van der Waals surface area (Å²) in [6.07, 6.45) is 14.7. The van der Waals surface area contributed by atoms with Crippen LogP contribution in [0.4, 0.5) is 0 Å². The number of hydrogen-bond acceptors (Lipinski definition) is 4. The Balaban J connectivity index is 1.67. The summed E-state index contributed by atoms with van der Waals surface area (Å²) in [5.74, 6) is 0.511. The maximum absolute atomic E-state index is 10.6. The van der Waals surface area contributed by atoms with Gasteiger partial charge >= 0.3 is 0 Å². The van der Waals surface area contributed by atoms with Crippen molar-refractivity contribution < 1.29 is 19.7 Å². The van der Waals surface area contributed by atoms with Crippen LogP contribution in [-0.4, -0.2) is 22.3 Å². The monoisotopic (exact) mass is 418 g/mol. The van der Waals surface area contributed by atoms with Crippen molar-refractivity contribution in [3.8, 4) is 11.5 Å². The number of rotatable bonds is 15. The van der Waals surface area contributed by atoms with Crippen molar-refractivity contribution in [1.82, 2.24) is 0 Å². The maximum Gasteiger partial charge on any atom is 0.293 e. The van der Waals surface area contributed by atoms with E-state index in [9.17, 15) is 15.0 Å². The van der Waals surface area contributed by atoms with Gasteiger partial charge in [-0.15, -0.1) is 0 Å². The van der Waals surface area contributed by atoms with Crippen LogP contribution in [0, 0.1) is 5.41 Å². The number of carbonyl (C=O) groups excluding carboxylic acids is 1. The van der Waals surface area contributed by atoms with Crippen LogP contribution in [0.1, 0.15) is 109 Å². The molecule has 170 valence electrons. The first-order valence-electron chi connectivity index (χ1n) is 11.9. The molecule has 2 rings (SSSR count). The second-order valence-corrected chi connectivity index (χ2v) is 10.4. The zero-order valence-corrected chi connectivity index (χ0v) is 19.3. The summed E-state index contributed by atoms with van der Waals surface area (Å²) in [4.78, 5) is 10.5. The Bertz CT molecular complexity index is 656. The molecule has 0 saturated heterocycles. The van der Waals surface area contributed by atoms with Gasteiger partial charge in [0.05, 0.1) is 0 Å². The fourth-order valence-electron chi connectivity index (χ4n) is 4.22. The standard InChI is InChI=1S/C26H42O4/c1-25(2,3)16-10-6-5-9-13-22-23(28)15-14-21(24(22)29)12-8-4-7-11-17-26(18-19-26)30-20-27/h14-15,20,28-29H,4-13,16-19H2,1-3H3. The van der Waals surface area contributed by atoms with Gasteiger partial charge < -0.3 is 14.9 Å². The summed E-state index contributed by atoms with van der Waals surface area (Å²) >= 11 is 0. The molecule has 2 N–H and O–H groups in total. The summed E-state index contributed by atoms with van der Waals surface area (Å²) in [5, 5.41) is 20.8. The van der Waals surface area contributed by atoms with Crippen molar-refractivity contribution >= 4 is 6.47 Å². The highest BCUT2D eigenvalue weighted by Crippen LogP contribution is 2.43. The fraction of sp³-hybridized carbons (Fsp3) is 0.731. The minimum absolute atomic E-state index is 0.140. The molecular weight excluding hydrogens is 376 g/mol. The molecule has 0 heterocycles. The van der Waals surface area contributed by atoms with Gasteiger partial charge in [-0.2, -0.15) is 0 Å². The quantitative estimate of drug-likeness (QED) is 0.242. The minimum atomic E-state index is -0.140. The summed E-state index contributed by atoms with van der Waals surface area (Å²) in [6.45, 7) is 7.42. The third kappa shape index (κ3) is 8.57. The molecule has 0 amide bonds. The Labute approximate surface area is 183 Å². The van der Waals surface area contributed by atoms with Crippen molar-refractivity contribution in [1.29, 1.82) is 0 Å². The number of unbranched alkanes of at least 4 members (excludes halogenated alkanes) is 6. The second-order valence-electron chi connectivity index (χ2n) is 10.4. The highest BCUT2D eigenvalue weighted by molar-refractivity contribution is 5.48. The molecule has 0 spiro atoms. The maximum atomic E-state index is 10.6. The van der Waals surface area contributed by atoms with Gasteiger partial charge in [-0.3, -0.25) is 4.79 Å². The Kier molecular flexibility index (Phi) is 9.51. The second kappa shape index (κ2) is 11.6. The first-order valence-corrected chi connectivity index (χ1v) is 11.9. The van der Waals surface area contributed by atoms with Crippen LogP contribution < -0.4 is 0 Å². The summed E-state index contributed by atoms with van der Waals surface area (Å²) in [5.41, 5.74) is 1.91. The van der Waals surface area contributed by atoms with E-state index in [1.807, 2.05) is 6.07 Å². The van der Waals surface area contributed by atoms with Gasteiger partial charge in [0.1, 0.15) is 17.1 Å². The minimum Gasteiger partial charge on any atom is -0.508 e. The molecule has 0 bridgehead atoms. The molecule has 0 aliphatic heterocycles. The van der Waals surface area contributed by atoms with Crippen molar-refractivity contribution in [2.75, 3.05) is 0 Å². The van der Waals surface area contributed by atoms with Crippen LogP contribution in [0.25, 0.3) is 0 Å².